The van der Waals surface area contributed by atoms with E-state index in [-0.39, 0.29) is 22.7 Å². The fourth-order valence-corrected chi connectivity index (χ4v) is 3.93. The monoisotopic (exact) mass is 513 g/mol. The number of hydrogen-bond donors (Lipinski definition) is 2. The molecule has 3 aromatic rings. The van der Waals surface area contributed by atoms with Gasteiger partial charge < -0.3 is 4.74 Å². The number of nitrogens with zero attached hydrogens (tertiary/aromatic N) is 3. The predicted molar refractivity (Wildman–Crippen MR) is 135 cm³/mol. The molecule has 11 heteroatoms. The first-order valence-corrected chi connectivity index (χ1v) is 12.5. The second-order valence-electron chi connectivity index (χ2n) is 9.12. The van der Waals surface area contributed by atoms with Gasteiger partial charge >= 0.3 is 6.09 Å². The molecule has 2 heterocycles. The van der Waals surface area contributed by atoms with E-state index in [9.17, 15) is 13.2 Å². The van der Waals surface area contributed by atoms with E-state index in [0.717, 1.165) is 11.1 Å². The average molecular weight is 514 g/mol. The van der Waals surface area contributed by atoms with Crippen molar-refractivity contribution in [3.05, 3.63) is 82.6 Å². The summed E-state index contributed by atoms with van der Waals surface area (Å²) in [6.07, 6.45) is 5.20. The van der Waals surface area contributed by atoms with Gasteiger partial charge in [-0.05, 0) is 69.5 Å². The Morgan fingerprint density at radius 3 is 2.47 bits per heavy atom. The van der Waals surface area contributed by atoms with Crippen LogP contribution in [0.1, 0.15) is 48.6 Å². The molecule has 9 nitrogen and oxygen atoms in total. The fourth-order valence-electron chi connectivity index (χ4n) is 3.14. The van der Waals surface area contributed by atoms with Gasteiger partial charge in [-0.1, -0.05) is 17.7 Å². The zero-order valence-corrected chi connectivity index (χ0v) is 21.5. The number of sulfonamides is 1. The first-order chi connectivity index (χ1) is 16.9. The van der Waals surface area contributed by atoms with E-state index in [4.69, 9.17) is 4.74 Å². The lowest BCUT2D eigenvalue weighted by Gasteiger charge is -2.19. The SMILES string of the molecule is Cc1ccc(S(=O)(=O)N/N=C\c2cncc(Cc3ccnc(NC(=O)OC(C)(C)C)c3F)c2C)cc1. The third-order valence-electron chi connectivity index (χ3n) is 5.04. The fraction of sp³-hybridized carbons (Fsp3) is 0.280. The van der Waals surface area contributed by atoms with Crippen molar-refractivity contribution >= 4 is 28.1 Å². The standard InChI is InChI=1S/C25H28FN5O4S/c1-16-6-8-21(9-7-16)36(33,34)31-29-15-20-14-27-13-19(17(20)2)12-18-10-11-28-23(22(18)26)30-24(32)35-25(3,4)5/h6-11,13-15,31H,12H2,1-5H3,(H,28,30,32)/b29-15-. The number of anilines is 1. The molecule has 0 saturated carbocycles. The van der Waals surface area contributed by atoms with Gasteiger partial charge in [0.2, 0.25) is 0 Å². The Labute approximate surface area is 209 Å². The van der Waals surface area contributed by atoms with E-state index < -0.39 is 27.5 Å². The summed E-state index contributed by atoms with van der Waals surface area (Å²) in [5, 5.41) is 6.19. The summed E-state index contributed by atoms with van der Waals surface area (Å²) in [5.74, 6) is -0.928. The van der Waals surface area contributed by atoms with Gasteiger partial charge in [-0.2, -0.15) is 13.5 Å². The molecule has 0 fully saturated rings. The molecule has 0 spiro atoms. The lowest BCUT2D eigenvalue weighted by molar-refractivity contribution is 0.0634. The molecular formula is C25H28FN5O4S. The molecule has 0 atom stereocenters. The van der Waals surface area contributed by atoms with Crippen molar-refractivity contribution in [2.24, 2.45) is 5.10 Å². The third-order valence-corrected chi connectivity index (χ3v) is 6.27. The van der Waals surface area contributed by atoms with E-state index in [1.54, 1.807) is 46.0 Å². The van der Waals surface area contributed by atoms with Crippen LogP contribution in [0.2, 0.25) is 0 Å². The number of carbonyl (C=O) groups excluding carboxylic acids is 1. The maximum Gasteiger partial charge on any atom is 0.413 e. The quantitative estimate of drug-likeness (QED) is 0.355. The maximum atomic E-state index is 15.0. The molecule has 0 saturated heterocycles. The van der Waals surface area contributed by atoms with Crippen LogP contribution >= 0.6 is 0 Å². The number of aryl methyl sites for hydroxylation is 1. The van der Waals surface area contributed by atoms with E-state index in [1.807, 2.05) is 6.92 Å². The normalized spacial score (nSPS) is 11.9. The largest absolute Gasteiger partial charge is 0.444 e. The zero-order valence-electron chi connectivity index (χ0n) is 20.7. The smallest absolute Gasteiger partial charge is 0.413 e. The minimum atomic E-state index is -3.82. The summed E-state index contributed by atoms with van der Waals surface area (Å²) in [6, 6.07) is 7.89. The predicted octanol–water partition coefficient (Wildman–Crippen LogP) is 4.48. The number of carbonyl (C=O) groups is 1. The van der Waals surface area contributed by atoms with Crippen molar-refractivity contribution in [3.8, 4) is 0 Å². The van der Waals surface area contributed by atoms with Gasteiger partial charge in [0.15, 0.2) is 11.6 Å². The number of hydrogen-bond acceptors (Lipinski definition) is 7. The molecule has 36 heavy (non-hydrogen) atoms. The van der Waals surface area contributed by atoms with Gasteiger partial charge in [-0.25, -0.2) is 19.0 Å². The van der Waals surface area contributed by atoms with Crippen LogP contribution in [0.25, 0.3) is 0 Å². The van der Waals surface area contributed by atoms with Gasteiger partial charge in [0.05, 0.1) is 11.1 Å². The zero-order chi connectivity index (χ0) is 26.5. The molecular weight excluding hydrogens is 485 g/mol. The Bertz CT molecular complexity index is 1380. The topological polar surface area (TPSA) is 123 Å². The molecule has 1 aromatic carbocycles. The molecule has 0 bridgehead atoms. The van der Waals surface area contributed by atoms with Crippen LogP contribution in [-0.2, 0) is 21.2 Å². The molecule has 0 aliphatic heterocycles. The van der Waals surface area contributed by atoms with Gasteiger partial charge in [0, 0.05) is 30.6 Å². The van der Waals surface area contributed by atoms with Crippen molar-refractivity contribution in [3.63, 3.8) is 0 Å². The second-order valence-corrected chi connectivity index (χ2v) is 10.8. The molecule has 0 unspecified atom stereocenters. The molecule has 0 radical (unpaired) electrons. The van der Waals surface area contributed by atoms with Crippen molar-refractivity contribution < 1.29 is 22.3 Å². The van der Waals surface area contributed by atoms with Gasteiger partial charge in [0.1, 0.15) is 5.60 Å². The Morgan fingerprint density at radius 1 is 1.11 bits per heavy atom. The minimum absolute atomic E-state index is 0.0952. The number of rotatable bonds is 7. The highest BCUT2D eigenvalue weighted by atomic mass is 32.2. The highest BCUT2D eigenvalue weighted by molar-refractivity contribution is 7.89. The highest BCUT2D eigenvalue weighted by Gasteiger charge is 2.19. The number of nitrogens with one attached hydrogen (secondary N) is 2. The minimum Gasteiger partial charge on any atom is -0.444 e. The highest BCUT2D eigenvalue weighted by Crippen LogP contribution is 2.22. The Morgan fingerprint density at radius 2 is 1.81 bits per heavy atom. The van der Waals surface area contributed by atoms with Gasteiger partial charge in [-0.3, -0.25) is 10.3 Å². The summed E-state index contributed by atoms with van der Waals surface area (Å²) in [6.45, 7) is 8.76. The lowest BCUT2D eigenvalue weighted by Crippen LogP contribution is -2.28. The van der Waals surface area contributed by atoms with Crippen LogP contribution in [0.4, 0.5) is 15.0 Å². The number of amides is 1. The van der Waals surface area contributed by atoms with E-state index >= 15 is 4.39 Å². The molecule has 2 N–H and O–H groups in total. The number of pyridine rings is 2. The molecule has 0 aliphatic rings. The maximum absolute atomic E-state index is 15.0. The lowest BCUT2D eigenvalue weighted by atomic mass is 10.00. The number of aromatic nitrogens is 2. The first-order valence-electron chi connectivity index (χ1n) is 11.0. The second kappa shape index (κ2) is 10.8. The van der Waals surface area contributed by atoms with Crippen molar-refractivity contribution in [1.82, 2.24) is 14.8 Å². The van der Waals surface area contributed by atoms with Crippen molar-refractivity contribution in [1.29, 1.82) is 0 Å². The van der Waals surface area contributed by atoms with Gasteiger partial charge in [-0.15, -0.1) is 0 Å². The summed E-state index contributed by atoms with van der Waals surface area (Å²) >= 11 is 0. The molecule has 1 amide bonds. The van der Waals surface area contributed by atoms with E-state index in [1.165, 1.54) is 36.8 Å². The molecule has 190 valence electrons. The van der Waals surface area contributed by atoms with Crippen LogP contribution < -0.4 is 10.1 Å². The summed E-state index contributed by atoms with van der Waals surface area (Å²) in [5.41, 5.74) is 2.47. The summed E-state index contributed by atoms with van der Waals surface area (Å²) < 4.78 is 45.0. The Balaban J connectivity index is 1.75. The summed E-state index contributed by atoms with van der Waals surface area (Å²) in [4.78, 5) is 22.4. The van der Waals surface area contributed by atoms with Crippen LogP contribution in [0.3, 0.4) is 0 Å². The van der Waals surface area contributed by atoms with E-state index in [0.29, 0.717) is 11.1 Å². The van der Waals surface area contributed by atoms with Crippen molar-refractivity contribution in [2.75, 3.05) is 5.32 Å². The molecule has 2 aromatic heterocycles. The number of benzene rings is 1. The first kappa shape index (κ1) is 26.7. The van der Waals surface area contributed by atoms with Crippen LogP contribution in [0.5, 0.6) is 0 Å². The third kappa shape index (κ3) is 7.08. The number of hydrazone groups is 1. The number of halogens is 1. The van der Waals surface area contributed by atoms with Crippen LogP contribution in [0.15, 0.2) is 58.9 Å². The Kier molecular flexibility index (Phi) is 8.03. The van der Waals surface area contributed by atoms with Crippen LogP contribution in [-0.4, -0.2) is 36.3 Å². The average Bonchev–Trinajstić information content (AvgIpc) is 2.78. The van der Waals surface area contributed by atoms with Gasteiger partial charge in [0.25, 0.3) is 10.0 Å². The van der Waals surface area contributed by atoms with E-state index in [2.05, 4.69) is 25.2 Å². The van der Waals surface area contributed by atoms with Crippen LogP contribution in [0, 0.1) is 19.7 Å². The Hall–Kier alpha value is -3.86. The molecule has 0 aliphatic carbocycles. The summed E-state index contributed by atoms with van der Waals surface area (Å²) in [7, 11) is -3.82. The molecule has 3 rings (SSSR count). The number of ether oxygens (including phenoxy) is 1. The van der Waals surface area contributed by atoms with Crippen molar-refractivity contribution in [2.45, 2.75) is 51.5 Å².